The zero-order valence-corrected chi connectivity index (χ0v) is 9.84. The third-order valence-corrected chi connectivity index (χ3v) is 3.22. The summed E-state index contributed by atoms with van der Waals surface area (Å²) in [4.78, 5) is 8.72. The van der Waals surface area contributed by atoms with Crippen LogP contribution in [-0.4, -0.2) is 28.2 Å². The minimum absolute atomic E-state index is 0.136. The van der Waals surface area contributed by atoms with E-state index in [4.69, 9.17) is 10.5 Å². The van der Waals surface area contributed by atoms with Crippen molar-refractivity contribution < 1.29 is 4.74 Å². The van der Waals surface area contributed by atoms with Crippen molar-refractivity contribution in [3.8, 4) is 0 Å². The fourth-order valence-corrected chi connectivity index (χ4v) is 2.22. The maximum Gasteiger partial charge on any atom is 0.140 e. The molecule has 1 unspecified atom stereocenters. The molecule has 5 heteroatoms. The number of fused-ring (bicyclic) bond motifs is 1. The molecule has 17 heavy (non-hydrogen) atoms. The quantitative estimate of drug-likeness (QED) is 0.865. The van der Waals surface area contributed by atoms with Crippen LogP contribution in [0.25, 0.3) is 11.0 Å². The van der Waals surface area contributed by atoms with Gasteiger partial charge in [-0.3, -0.25) is 4.98 Å². The van der Waals surface area contributed by atoms with Crippen LogP contribution in [0.3, 0.4) is 0 Å². The second-order valence-corrected chi connectivity index (χ2v) is 4.40. The van der Waals surface area contributed by atoms with Crippen molar-refractivity contribution in [2.45, 2.75) is 25.0 Å². The summed E-state index contributed by atoms with van der Waals surface area (Å²) in [5.74, 6) is 0.931. The Morgan fingerprint density at radius 3 is 3.06 bits per heavy atom. The van der Waals surface area contributed by atoms with Crippen LogP contribution in [0.4, 0.5) is 0 Å². The van der Waals surface area contributed by atoms with Gasteiger partial charge in [0.1, 0.15) is 17.4 Å². The Balaban J connectivity index is 2.18. The van der Waals surface area contributed by atoms with Crippen LogP contribution in [0.2, 0.25) is 0 Å². The highest BCUT2D eigenvalue weighted by molar-refractivity contribution is 5.75. The molecule has 0 amide bonds. The van der Waals surface area contributed by atoms with Crippen molar-refractivity contribution in [2.24, 2.45) is 5.73 Å². The first-order valence-corrected chi connectivity index (χ1v) is 5.90. The van der Waals surface area contributed by atoms with E-state index >= 15 is 0 Å². The van der Waals surface area contributed by atoms with E-state index in [2.05, 4.69) is 14.5 Å². The summed E-state index contributed by atoms with van der Waals surface area (Å²) >= 11 is 0. The predicted molar refractivity (Wildman–Crippen MR) is 64.6 cm³/mol. The maximum atomic E-state index is 5.73. The third kappa shape index (κ3) is 1.71. The van der Waals surface area contributed by atoms with E-state index < -0.39 is 0 Å². The third-order valence-electron chi connectivity index (χ3n) is 3.22. The molecule has 0 bridgehead atoms. The van der Waals surface area contributed by atoms with Gasteiger partial charge < -0.3 is 15.0 Å². The number of hydrogen-bond donors (Lipinski definition) is 1. The van der Waals surface area contributed by atoms with Gasteiger partial charge in [-0.05, 0) is 18.9 Å². The van der Waals surface area contributed by atoms with E-state index in [0.29, 0.717) is 12.6 Å². The Kier molecular flexibility index (Phi) is 2.57. The van der Waals surface area contributed by atoms with E-state index in [1.54, 1.807) is 19.5 Å². The molecule has 1 aliphatic carbocycles. The predicted octanol–water partition coefficient (Wildman–Crippen LogP) is 1.41. The van der Waals surface area contributed by atoms with Crippen LogP contribution in [-0.2, 0) is 4.74 Å². The van der Waals surface area contributed by atoms with Crippen molar-refractivity contribution in [1.29, 1.82) is 0 Å². The first-order valence-electron chi connectivity index (χ1n) is 5.90. The first kappa shape index (κ1) is 10.7. The van der Waals surface area contributed by atoms with Crippen molar-refractivity contribution >= 4 is 11.0 Å². The summed E-state index contributed by atoms with van der Waals surface area (Å²) in [6, 6.07) is 2.56. The van der Waals surface area contributed by atoms with Crippen LogP contribution in [0, 0.1) is 0 Å². The fourth-order valence-electron chi connectivity index (χ4n) is 2.22. The summed E-state index contributed by atoms with van der Waals surface area (Å²) in [5.41, 5.74) is 7.79. The molecular weight excluding hydrogens is 216 g/mol. The maximum absolute atomic E-state index is 5.73. The molecule has 1 atom stereocenters. The zero-order chi connectivity index (χ0) is 11.8. The van der Waals surface area contributed by atoms with E-state index in [0.717, 1.165) is 16.9 Å². The number of hydrogen-bond acceptors (Lipinski definition) is 4. The summed E-state index contributed by atoms with van der Waals surface area (Å²) in [6.45, 7) is 0.444. The number of aromatic nitrogens is 3. The molecular formula is C12H16N4O. The Bertz CT molecular complexity index is 528. The van der Waals surface area contributed by atoms with Gasteiger partial charge in [-0.15, -0.1) is 0 Å². The second-order valence-electron chi connectivity index (χ2n) is 4.40. The Morgan fingerprint density at radius 1 is 1.59 bits per heavy atom. The zero-order valence-electron chi connectivity index (χ0n) is 9.84. The lowest BCUT2D eigenvalue weighted by Gasteiger charge is -2.14. The Labute approximate surface area is 99.6 Å². The molecule has 0 radical (unpaired) electrons. The molecule has 90 valence electrons. The van der Waals surface area contributed by atoms with Crippen LogP contribution < -0.4 is 5.73 Å². The molecule has 2 aromatic rings. The fraction of sp³-hybridized carbons (Fsp3) is 0.500. The first-order chi connectivity index (χ1) is 8.35. The molecule has 0 aromatic carbocycles. The number of nitrogens with two attached hydrogens (primary N) is 1. The highest BCUT2D eigenvalue weighted by Crippen LogP contribution is 2.39. The van der Waals surface area contributed by atoms with E-state index in [9.17, 15) is 0 Å². The van der Waals surface area contributed by atoms with Crippen molar-refractivity contribution in [3.05, 3.63) is 24.3 Å². The van der Waals surface area contributed by atoms with Crippen LogP contribution in [0.15, 0.2) is 18.5 Å². The standard InChI is InChI=1S/C12H16N4O/c1-17-11(6-13)12-15-9-7-14-5-4-10(9)16(12)8-2-3-8/h4-5,7-8,11H,2-3,6,13H2,1H3. The molecule has 1 saturated carbocycles. The van der Waals surface area contributed by atoms with Gasteiger partial charge in [0.05, 0.1) is 11.7 Å². The van der Waals surface area contributed by atoms with Crippen molar-refractivity contribution in [2.75, 3.05) is 13.7 Å². The van der Waals surface area contributed by atoms with Gasteiger partial charge in [-0.25, -0.2) is 4.98 Å². The lowest BCUT2D eigenvalue weighted by molar-refractivity contribution is 0.100. The summed E-state index contributed by atoms with van der Waals surface area (Å²) < 4.78 is 7.67. The van der Waals surface area contributed by atoms with Crippen molar-refractivity contribution in [1.82, 2.24) is 14.5 Å². The van der Waals surface area contributed by atoms with Crippen LogP contribution in [0.1, 0.15) is 30.8 Å². The van der Waals surface area contributed by atoms with Gasteiger partial charge in [0, 0.05) is 25.9 Å². The molecule has 3 rings (SSSR count). The van der Waals surface area contributed by atoms with Crippen LogP contribution in [0.5, 0.6) is 0 Å². The van der Waals surface area contributed by atoms with E-state index in [1.807, 2.05) is 6.07 Å². The van der Waals surface area contributed by atoms with Gasteiger partial charge in [0.15, 0.2) is 0 Å². The normalized spacial score (nSPS) is 17.5. The average Bonchev–Trinajstić information content (AvgIpc) is 3.12. The summed E-state index contributed by atoms with van der Waals surface area (Å²) in [5, 5.41) is 0. The Hall–Kier alpha value is -1.46. The minimum Gasteiger partial charge on any atom is -0.372 e. The SMILES string of the molecule is COC(CN)c1nc2cnccc2n1C1CC1. The number of nitrogens with zero attached hydrogens (tertiary/aromatic N) is 3. The topological polar surface area (TPSA) is 66.0 Å². The monoisotopic (exact) mass is 232 g/mol. The molecule has 1 aliphatic rings. The van der Waals surface area contributed by atoms with Crippen LogP contribution >= 0.6 is 0 Å². The highest BCUT2D eigenvalue weighted by atomic mass is 16.5. The lowest BCUT2D eigenvalue weighted by Crippen LogP contribution is -2.18. The van der Waals surface area contributed by atoms with Crippen molar-refractivity contribution in [3.63, 3.8) is 0 Å². The smallest absolute Gasteiger partial charge is 0.140 e. The molecule has 0 spiro atoms. The number of rotatable bonds is 4. The van der Waals surface area contributed by atoms with E-state index in [1.165, 1.54) is 12.8 Å². The van der Waals surface area contributed by atoms with Gasteiger partial charge in [-0.1, -0.05) is 0 Å². The molecule has 1 fully saturated rings. The molecule has 2 N–H and O–H groups in total. The molecule has 0 saturated heterocycles. The molecule has 5 nitrogen and oxygen atoms in total. The minimum atomic E-state index is -0.136. The van der Waals surface area contributed by atoms with Gasteiger partial charge in [0.2, 0.25) is 0 Å². The molecule has 0 aliphatic heterocycles. The van der Waals surface area contributed by atoms with Gasteiger partial charge in [-0.2, -0.15) is 0 Å². The van der Waals surface area contributed by atoms with Gasteiger partial charge >= 0.3 is 0 Å². The lowest BCUT2D eigenvalue weighted by atomic mass is 10.3. The Morgan fingerprint density at radius 2 is 2.41 bits per heavy atom. The number of imidazole rings is 1. The summed E-state index contributed by atoms with van der Waals surface area (Å²) in [6.07, 6.45) is 5.88. The van der Waals surface area contributed by atoms with E-state index in [-0.39, 0.29) is 6.10 Å². The largest absolute Gasteiger partial charge is 0.372 e. The second kappa shape index (κ2) is 4.09. The summed E-state index contributed by atoms with van der Waals surface area (Å²) in [7, 11) is 1.67. The molecule has 2 heterocycles. The number of methoxy groups -OCH3 is 1. The molecule has 2 aromatic heterocycles. The number of pyridine rings is 1. The number of ether oxygens (including phenoxy) is 1. The van der Waals surface area contributed by atoms with Gasteiger partial charge in [0.25, 0.3) is 0 Å². The average molecular weight is 232 g/mol. The highest BCUT2D eigenvalue weighted by Gasteiger charge is 2.30.